The molecule has 2 aromatic heterocycles. The SMILES string of the molecule is O=c1[nH]c2cnc(Cl)cc2n1C1CCOCC1. The molecule has 3 heterocycles. The van der Waals surface area contributed by atoms with Crippen molar-refractivity contribution >= 4 is 22.6 Å². The first-order valence-electron chi connectivity index (χ1n) is 5.59. The van der Waals surface area contributed by atoms with E-state index < -0.39 is 0 Å². The van der Waals surface area contributed by atoms with Crippen LogP contribution < -0.4 is 5.69 Å². The zero-order valence-electron chi connectivity index (χ0n) is 9.15. The number of hydrogen-bond acceptors (Lipinski definition) is 3. The molecule has 0 saturated carbocycles. The van der Waals surface area contributed by atoms with Gasteiger partial charge in [-0.1, -0.05) is 11.6 Å². The van der Waals surface area contributed by atoms with Gasteiger partial charge in [0.25, 0.3) is 0 Å². The molecule has 0 bridgehead atoms. The van der Waals surface area contributed by atoms with Gasteiger partial charge in [0.15, 0.2) is 0 Å². The molecule has 0 atom stereocenters. The first-order chi connectivity index (χ1) is 8.25. The minimum Gasteiger partial charge on any atom is -0.381 e. The van der Waals surface area contributed by atoms with E-state index in [0.29, 0.717) is 18.4 Å². The minimum absolute atomic E-state index is 0.101. The van der Waals surface area contributed by atoms with Crippen LogP contribution in [0.15, 0.2) is 17.1 Å². The average molecular weight is 254 g/mol. The molecule has 0 unspecified atom stereocenters. The lowest BCUT2D eigenvalue weighted by Gasteiger charge is -2.23. The topological polar surface area (TPSA) is 59.9 Å². The van der Waals surface area contributed by atoms with Gasteiger partial charge < -0.3 is 9.72 Å². The Labute approximate surface area is 102 Å². The van der Waals surface area contributed by atoms with Gasteiger partial charge in [0.05, 0.1) is 17.2 Å². The van der Waals surface area contributed by atoms with Gasteiger partial charge >= 0.3 is 5.69 Å². The molecule has 0 radical (unpaired) electrons. The summed E-state index contributed by atoms with van der Waals surface area (Å²) in [6.07, 6.45) is 3.30. The van der Waals surface area contributed by atoms with Gasteiger partial charge in [-0.2, -0.15) is 0 Å². The normalized spacial score (nSPS) is 17.7. The molecule has 1 N–H and O–H groups in total. The van der Waals surface area contributed by atoms with Crippen molar-refractivity contribution < 1.29 is 4.74 Å². The summed E-state index contributed by atoms with van der Waals surface area (Å²) in [5.41, 5.74) is 1.45. The van der Waals surface area contributed by atoms with Gasteiger partial charge in [0.1, 0.15) is 5.15 Å². The number of aromatic nitrogens is 3. The number of hydrogen-bond donors (Lipinski definition) is 1. The third kappa shape index (κ3) is 1.85. The second-order valence-corrected chi connectivity index (χ2v) is 4.56. The van der Waals surface area contributed by atoms with E-state index in [-0.39, 0.29) is 11.7 Å². The molecule has 2 aromatic rings. The third-order valence-electron chi connectivity index (χ3n) is 3.12. The number of aromatic amines is 1. The van der Waals surface area contributed by atoms with Crippen LogP contribution in [-0.4, -0.2) is 27.7 Å². The van der Waals surface area contributed by atoms with Crippen LogP contribution in [0, 0.1) is 0 Å². The lowest BCUT2D eigenvalue weighted by Crippen LogP contribution is -2.27. The van der Waals surface area contributed by atoms with Crippen molar-refractivity contribution in [1.29, 1.82) is 0 Å². The van der Waals surface area contributed by atoms with Crippen molar-refractivity contribution in [2.24, 2.45) is 0 Å². The third-order valence-corrected chi connectivity index (χ3v) is 3.33. The minimum atomic E-state index is -0.101. The monoisotopic (exact) mass is 253 g/mol. The molecular weight excluding hydrogens is 242 g/mol. The summed E-state index contributed by atoms with van der Waals surface area (Å²) < 4.78 is 7.08. The molecular formula is C11H12ClN3O2. The number of fused-ring (bicyclic) bond motifs is 1. The van der Waals surface area contributed by atoms with E-state index in [2.05, 4.69) is 9.97 Å². The molecule has 3 rings (SSSR count). The standard InChI is InChI=1S/C11H12ClN3O2/c12-10-5-9-8(6-13-10)14-11(16)15(9)7-1-3-17-4-2-7/h5-7H,1-4H2,(H,14,16). The predicted molar refractivity (Wildman–Crippen MR) is 64.5 cm³/mol. The quantitative estimate of drug-likeness (QED) is 0.788. The zero-order chi connectivity index (χ0) is 11.8. The van der Waals surface area contributed by atoms with Crippen LogP contribution >= 0.6 is 11.6 Å². The predicted octanol–water partition coefficient (Wildman–Crippen LogP) is 1.73. The number of nitrogens with zero attached hydrogens (tertiary/aromatic N) is 2. The average Bonchev–Trinajstić information content (AvgIpc) is 2.65. The Hall–Kier alpha value is -1.33. The van der Waals surface area contributed by atoms with Gasteiger partial charge in [-0.25, -0.2) is 9.78 Å². The summed E-state index contributed by atoms with van der Waals surface area (Å²) in [6.45, 7) is 1.39. The zero-order valence-corrected chi connectivity index (χ0v) is 9.91. The fraction of sp³-hybridized carbons (Fsp3) is 0.455. The van der Waals surface area contributed by atoms with Crippen LogP contribution in [0.3, 0.4) is 0 Å². The van der Waals surface area contributed by atoms with Crippen molar-refractivity contribution in [2.45, 2.75) is 18.9 Å². The van der Waals surface area contributed by atoms with Crippen molar-refractivity contribution in [3.63, 3.8) is 0 Å². The number of ether oxygens (including phenoxy) is 1. The molecule has 17 heavy (non-hydrogen) atoms. The lowest BCUT2D eigenvalue weighted by molar-refractivity contribution is 0.0698. The smallest absolute Gasteiger partial charge is 0.326 e. The highest BCUT2D eigenvalue weighted by molar-refractivity contribution is 6.29. The van der Waals surface area contributed by atoms with E-state index in [0.717, 1.165) is 23.9 Å². The fourth-order valence-corrected chi connectivity index (χ4v) is 2.46. The van der Waals surface area contributed by atoms with Crippen molar-refractivity contribution in [3.8, 4) is 0 Å². The Kier molecular flexibility index (Phi) is 2.64. The van der Waals surface area contributed by atoms with Crippen LogP contribution in [0.4, 0.5) is 0 Å². The van der Waals surface area contributed by atoms with E-state index in [9.17, 15) is 4.79 Å². The molecule has 90 valence electrons. The molecule has 0 aromatic carbocycles. The van der Waals surface area contributed by atoms with E-state index >= 15 is 0 Å². The Morgan fingerprint density at radius 1 is 1.47 bits per heavy atom. The van der Waals surface area contributed by atoms with Crippen LogP contribution in [0.5, 0.6) is 0 Å². The maximum atomic E-state index is 11.9. The molecule has 0 spiro atoms. The summed E-state index contributed by atoms with van der Waals surface area (Å²) in [6, 6.07) is 1.91. The molecule has 1 aliphatic rings. The molecule has 0 amide bonds. The number of halogens is 1. The number of imidazole rings is 1. The highest BCUT2D eigenvalue weighted by Crippen LogP contribution is 2.24. The first kappa shape index (κ1) is 10.8. The fourth-order valence-electron chi connectivity index (χ4n) is 2.31. The van der Waals surface area contributed by atoms with Gasteiger partial charge in [-0.05, 0) is 12.8 Å². The second kappa shape index (κ2) is 4.16. The largest absolute Gasteiger partial charge is 0.381 e. The van der Waals surface area contributed by atoms with E-state index in [1.807, 2.05) is 0 Å². The maximum Gasteiger partial charge on any atom is 0.326 e. The number of nitrogens with one attached hydrogen (secondary N) is 1. The van der Waals surface area contributed by atoms with Crippen molar-refractivity contribution in [3.05, 3.63) is 27.9 Å². The van der Waals surface area contributed by atoms with Gasteiger partial charge in [0.2, 0.25) is 0 Å². The summed E-state index contributed by atoms with van der Waals surface area (Å²) >= 11 is 5.87. The molecule has 0 aliphatic carbocycles. The van der Waals surface area contributed by atoms with E-state index in [4.69, 9.17) is 16.3 Å². The summed E-state index contributed by atoms with van der Waals surface area (Å²) in [5.74, 6) is 0. The Morgan fingerprint density at radius 3 is 3.00 bits per heavy atom. The Morgan fingerprint density at radius 2 is 2.24 bits per heavy atom. The van der Waals surface area contributed by atoms with Gasteiger partial charge in [0, 0.05) is 25.3 Å². The number of pyridine rings is 1. The summed E-state index contributed by atoms with van der Waals surface area (Å²) in [4.78, 5) is 18.7. The van der Waals surface area contributed by atoms with Crippen LogP contribution in [-0.2, 0) is 4.74 Å². The maximum absolute atomic E-state index is 11.9. The first-order valence-corrected chi connectivity index (χ1v) is 5.97. The van der Waals surface area contributed by atoms with Crippen LogP contribution in [0.25, 0.3) is 11.0 Å². The van der Waals surface area contributed by atoms with Gasteiger partial charge in [-0.15, -0.1) is 0 Å². The molecule has 1 fully saturated rings. The second-order valence-electron chi connectivity index (χ2n) is 4.17. The highest BCUT2D eigenvalue weighted by atomic mass is 35.5. The van der Waals surface area contributed by atoms with Crippen molar-refractivity contribution in [2.75, 3.05) is 13.2 Å². The highest BCUT2D eigenvalue weighted by Gasteiger charge is 2.20. The van der Waals surface area contributed by atoms with Crippen LogP contribution in [0.2, 0.25) is 5.15 Å². The van der Waals surface area contributed by atoms with E-state index in [1.165, 1.54) is 0 Å². The van der Waals surface area contributed by atoms with Gasteiger partial charge in [-0.3, -0.25) is 4.57 Å². The number of rotatable bonds is 1. The number of H-pyrrole nitrogens is 1. The molecule has 1 aliphatic heterocycles. The summed E-state index contributed by atoms with van der Waals surface area (Å²) in [7, 11) is 0. The summed E-state index contributed by atoms with van der Waals surface area (Å²) in [5, 5.41) is 0.400. The van der Waals surface area contributed by atoms with Crippen LogP contribution in [0.1, 0.15) is 18.9 Å². The van der Waals surface area contributed by atoms with E-state index in [1.54, 1.807) is 16.8 Å². The van der Waals surface area contributed by atoms with Crippen molar-refractivity contribution in [1.82, 2.24) is 14.5 Å². The Balaban J connectivity index is 2.16. The lowest BCUT2D eigenvalue weighted by atomic mass is 10.1. The molecule has 1 saturated heterocycles. The molecule has 5 nitrogen and oxygen atoms in total. The molecule has 6 heteroatoms. The Bertz CT molecular complexity index is 598.